The molecule has 4 aromatic rings. The highest BCUT2D eigenvalue weighted by atomic mass is 16.5. The lowest BCUT2D eigenvalue weighted by Gasteiger charge is -2.09. The Balaban J connectivity index is 1.32. The van der Waals surface area contributed by atoms with E-state index in [9.17, 15) is 9.59 Å². The molecule has 0 radical (unpaired) electrons. The first kappa shape index (κ1) is 19.8. The van der Waals surface area contributed by atoms with Crippen molar-refractivity contribution in [2.45, 2.75) is 6.54 Å². The molecule has 8 nitrogen and oxygen atoms in total. The van der Waals surface area contributed by atoms with Crippen LogP contribution >= 0.6 is 0 Å². The molecule has 0 unspecified atom stereocenters. The third kappa shape index (κ3) is 5.13. The number of amides is 2. The van der Waals surface area contributed by atoms with Crippen LogP contribution in [-0.2, 0) is 6.54 Å². The van der Waals surface area contributed by atoms with Gasteiger partial charge in [0.2, 0.25) is 0 Å². The average Bonchev–Trinajstić information content (AvgIpc) is 2.79. The summed E-state index contributed by atoms with van der Waals surface area (Å²) in [5.74, 6) is -0.204. The van der Waals surface area contributed by atoms with E-state index in [0.717, 1.165) is 16.5 Å². The molecule has 0 saturated heterocycles. The van der Waals surface area contributed by atoms with Crippen molar-refractivity contribution in [2.75, 3.05) is 5.32 Å². The van der Waals surface area contributed by atoms with Gasteiger partial charge in [-0.1, -0.05) is 30.3 Å². The SMILES string of the molecule is O=C(NCc1ccc(Oc2ccnc(C(=O)O)c2)cc1)Nc1cnc2ccccc2c1. The van der Waals surface area contributed by atoms with Crippen molar-refractivity contribution in [2.24, 2.45) is 0 Å². The molecule has 2 aromatic heterocycles. The fraction of sp³-hybridized carbons (Fsp3) is 0.0435. The number of carbonyl (C=O) groups excluding carboxylic acids is 1. The summed E-state index contributed by atoms with van der Waals surface area (Å²) in [4.78, 5) is 31.2. The van der Waals surface area contributed by atoms with Gasteiger partial charge in [-0.3, -0.25) is 4.98 Å². The number of aromatic nitrogens is 2. The van der Waals surface area contributed by atoms with Crippen LogP contribution in [0.2, 0.25) is 0 Å². The van der Waals surface area contributed by atoms with E-state index in [4.69, 9.17) is 9.84 Å². The first-order valence-electron chi connectivity index (χ1n) is 9.42. The molecule has 2 aromatic carbocycles. The van der Waals surface area contributed by atoms with Gasteiger partial charge in [0.05, 0.1) is 17.4 Å². The van der Waals surface area contributed by atoms with E-state index in [0.29, 0.717) is 23.7 Å². The number of rotatable bonds is 6. The van der Waals surface area contributed by atoms with Gasteiger partial charge >= 0.3 is 12.0 Å². The molecule has 154 valence electrons. The lowest BCUT2D eigenvalue weighted by atomic mass is 10.2. The standard InChI is InChI=1S/C23H18N4O4/c28-22(29)21-12-19(9-10-24-21)31-18-7-5-15(6-8-18)13-26-23(30)27-17-11-16-3-1-2-4-20(16)25-14-17/h1-12,14H,13H2,(H,28,29)(H2,26,27,30). The van der Waals surface area contributed by atoms with Gasteiger partial charge < -0.3 is 20.5 Å². The predicted molar refractivity (Wildman–Crippen MR) is 115 cm³/mol. The maximum atomic E-state index is 12.2. The highest BCUT2D eigenvalue weighted by Crippen LogP contribution is 2.22. The summed E-state index contributed by atoms with van der Waals surface area (Å²) >= 11 is 0. The fourth-order valence-electron chi connectivity index (χ4n) is 2.90. The highest BCUT2D eigenvalue weighted by Gasteiger charge is 2.07. The number of anilines is 1. The van der Waals surface area contributed by atoms with Gasteiger partial charge in [0.25, 0.3) is 0 Å². The van der Waals surface area contributed by atoms with Crippen LogP contribution in [-0.4, -0.2) is 27.1 Å². The van der Waals surface area contributed by atoms with E-state index in [-0.39, 0.29) is 11.7 Å². The van der Waals surface area contributed by atoms with Crippen LogP contribution < -0.4 is 15.4 Å². The molecule has 8 heteroatoms. The molecule has 2 heterocycles. The lowest BCUT2D eigenvalue weighted by Crippen LogP contribution is -2.28. The number of urea groups is 1. The van der Waals surface area contributed by atoms with Gasteiger partial charge in [-0.05, 0) is 35.9 Å². The molecule has 0 aliphatic carbocycles. The molecule has 0 bridgehead atoms. The van der Waals surface area contributed by atoms with E-state index < -0.39 is 5.97 Å². The van der Waals surface area contributed by atoms with Gasteiger partial charge in [-0.25, -0.2) is 14.6 Å². The van der Waals surface area contributed by atoms with Crippen LogP contribution in [0.25, 0.3) is 10.9 Å². The van der Waals surface area contributed by atoms with Crippen LogP contribution in [0.4, 0.5) is 10.5 Å². The molecule has 0 atom stereocenters. The Morgan fingerprint density at radius 1 is 0.935 bits per heavy atom. The van der Waals surface area contributed by atoms with Crippen LogP contribution in [0, 0.1) is 0 Å². The monoisotopic (exact) mass is 414 g/mol. The van der Waals surface area contributed by atoms with E-state index in [1.165, 1.54) is 12.3 Å². The summed E-state index contributed by atoms with van der Waals surface area (Å²) in [6.45, 7) is 0.325. The smallest absolute Gasteiger partial charge is 0.354 e. The quantitative estimate of drug-likeness (QED) is 0.430. The number of carbonyl (C=O) groups is 2. The van der Waals surface area contributed by atoms with Crippen molar-refractivity contribution in [3.05, 3.63) is 90.4 Å². The molecular formula is C23H18N4O4. The fourth-order valence-corrected chi connectivity index (χ4v) is 2.90. The molecule has 0 saturated carbocycles. The van der Waals surface area contributed by atoms with Crippen LogP contribution in [0.15, 0.2) is 79.1 Å². The second kappa shape index (κ2) is 8.91. The van der Waals surface area contributed by atoms with Gasteiger partial charge in [-0.2, -0.15) is 0 Å². The normalized spacial score (nSPS) is 10.5. The third-order valence-corrected chi connectivity index (χ3v) is 4.41. The van der Waals surface area contributed by atoms with Crippen molar-refractivity contribution >= 4 is 28.6 Å². The summed E-state index contributed by atoms with van der Waals surface area (Å²) < 4.78 is 5.65. The first-order valence-corrected chi connectivity index (χ1v) is 9.42. The molecule has 31 heavy (non-hydrogen) atoms. The van der Waals surface area contributed by atoms with Gasteiger partial charge in [-0.15, -0.1) is 0 Å². The Hall–Kier alpha value is -4.46. The van der Waals surface area contributed by atoms with Crippen LogP contribution in [0.1, 0.15) is 16.1 Å². The number of nitrogens with zero attached hydrogens (tertiary/aromatic N) is 2. The Kier molecular flexibility index (Phi) is 5.70. The minimum atomic E-state index is -1.12. The van der Waals surface area contributed by atoms with Crippen molar-refractivity contribution in [1.82, 2.24) is 15.3 Å². The molecule has 0 fully saturated rings. The number of hydrogen-bond acceptors (Lipinski definition) is 5. The highest BCUT2D eigenvalue weighted by molar-refractivity contribution is 5.92. The maximum absolute atomic E-state index is 12.2. The number of carboxylic acid groups (broad SMARTS) is 1. The number of ether oxygens (including phenoxy) is 1. The van der Waals surface area contributed by atoms with Crippen molar-refractivity contribution < 1.29 is 19.4 Å². The van der Waals surface area contributed by atoms with E-state index in [1.807, 2.05) is 42.5 Å². The van der Waals surface area contributed by atoms with Crippen LogP contribution in [0.5, 0.6) is 11.5 Å². The number of carboxylic acids is 1. The number of pyridine rings is 2. The summed E-state index contributed by atoms with van der Waals surface area (Å²) in [6, 6.07) is 19.2. The minimum Gasteiger partial charge on any atom is -0.477 e. The number of fused-ring (bicyclic) bond motifs is 1. The van der Waals surface area contributed by atoms with Gasteiger partial charge in [0.15, 0.2) is 5.69 Å². The average molecular weight is 414 g/mol. The molecule has 0 spiro atoms. The molecule has 2 amide bonds. The molecule has 0 aliphatic heterocycles. The molecule has 3 N–H and O–H groups in total. The van der Waals surface area contributed by atoms with Crippen LogP contribution in [0.3, 0.4) is 0 Å². The maximum Gasteiger partial charge on any atom is 0.354 e. The second-order valence-electron chi connectivity index (χ2n) is 6.65. The van der Waals surface area contributed by atoms with Gasteiger partial charge in [0, 0.05) is 24.2 Å². The molecule has 0 aliphatic rings. The summed E-state index contributed by atoms with van der Waals surface area (Å²) in [5.41, 5.74) is 2.26. The number of benzene rings is 2. The number of para-hydroxylation sites is 1. The molecular weight excluding hydrogens is 396 g/mol. The van der Waals surface area contributed by atoms with Crippen molar-refractivity contribution in [1.29, 1.82) is 0 Å². The number of hydrogen-bond donors (Lipinski definition) is 3. The Bertz CT molecular complexity index is 1240. The predicted octanol–water partition coefficient (Wildman–Crippen LogP) is 4.44. The zero-order valence-corrected chi connectivity index (χ0v) is 16.3. The summed E-state index contributed by atoms with van der Waals surface area (Å²) in [7, 11) is 0. The zero-order chi connectivity index (χ0) is 21.6. The zero-order valence-electron chi connectivity index (χ0n) is 16.3. The summed E-state index contributed by atoms with van der Waals surface area (Å²) in [5, 5.41) is 15.5. The third-order valence-electron chi connectivity index (χ3n) is 4.41. The Morgan fingerprint density at radius 3 is 2.55 bits per heavy atom. The Labute approximate surface area is 177 Å². The van der Waals surface area contributed by atoms with E-state index >= 15 is 0 Å². The Morgan fingerprint density at radius 2 is 1.74 bits per heavy atom. The minimum absolute atomic E-state index is 0.0917. The van der Waals surface area contributed by atoms with Crippen molar-refractivity contribution in [3.8, 4) is 11.5 Å². The number of nitrogens with one attached hydrogen (secondary N) is 2. The summed E-state index contributed by atoms with van der Waals surface area (Å²) in [6.07, 6.45) is 2.99. The number of aromatic carboxylic acids is 1. The van der Waals surface area contributed by atoms with E-state index in [2.05, 4.69) is 20.6 Å². The van der Waals surface area contributed by atoms with Gasteiger partial charge in [0.1, 0.15) is 11.5 Å². The first-order chi connectivity index (χ1) is 15.1. The largest absolute Gasteiger partial charge is 0.477 e. The second-order valence-corrected chi connectivity index (χ2v) is 6.65. The topological polar surface area (TPSA) is 113 Å². The van der Waals surface area contributed by atoms with E-state index in [1.54, 1.807) is 24.4 Å². The molecule has 4 rings (SSSR count). The lowest BCUT2D eigenvalue weighted by molar-refractivity contribution is 0.0690. The van der Waals surface area contributed by atoms with Crippen molar-refractivity contribution in [3.63, 3.8) is 0 Å².